The van der Waals surface area contributed by atoms with Crippen molar-refractivity contribution in [1.29, 1.82) is 0 Å². The second kappa shape index (κ2) is 5.87. The number of nitrogens with one attached hydrogen (secondary N) is 1. The maximum atomic E-state index is 11.6. The summed E-state index contributed by atoms with van der Waals surface area (Å²) in [6.45, 7) is 1.01. The van der Waals surface area contributed by atoms with Crippen LogP contribution in [0.4, 0.5) is 11.4 Å². The number of aromatic nitrogens is 3. The fourth-order valence-corrected chi connectivity index (χ4v) is 2.60. The van der Waals surface area contributed by atoms with Gasteiger partial charge >= 0.3 is 0 Å². The Balaban J connectivity index is 2.16. The molecule has 1 aromatic carbocycles. The summed E-state index contributed by atoms with van der Waals surface area (Å²) in [5, 5.41) is 21.3. The van der Waals surface area contributed by atoms with Gasteiger partial charge in [0.2, 0.25) is 0 Å². The van der Waals surface area contributed by atoms with E-state index in [0.717, 1.165) is 6.26 Å². The normalized spacial score (nSPS) is 11.3. The number of rotatable bonds is 6. The molecule has 0 aliphatic carbocycles. The highest BCUT2D eigenvalue weighted by molar-refractivity contribution is 7.90. The van der Waals surface area contributed by atoms with Crippen molar-refractivity contribution in [2.45, 2.75) is 11.4 Å². The van der Waals surface area contributed by atoms with Crippen LogP contribution in [0.1, 0.15) is 0 Å². The van der Waals surface area contributed by atoms with Gasteiger partial charge in [-0.05, 0) is 12.1 Å². The average molecular weight is 311 g/mol. The highest BCUT2D eigenvalue weighted by Gasteiger charge is 2.22. The predicted octanol–water partition coefficient (Wildman–Crippen LogP) is 0.702. The number of nitrogens with zero attached hydrogens (tertiary/aromatic N) is 4. The van der Waals surface area contributed by atoms with Crippen LogP contribution in [-0.4, -0.2) is 41.1 Å². The van der Waals surface area contributed by atoms with Crippen molar-refractivity contribution in [2.75, 3.05) is 18.1 Å². The predicted molar refractivity (Wildman–Crippen MR) is 74.7 cm³/mol. The molecule has 0 bridgehead atoms. The summed E-state index contributed by atoms with van der Waals surface area (Å²) in [6, 6.07) is 3.90. The first-order chi connectivity index (χ1) is 9.88. The number of benzene rings is 1. The molecule has 21 heavy (non-hydrogen) atoms. The number of sulfone groups is 1. The Kier molecular flexibility index (Phi) is 4.17. The van der Waals surface area contributed by atoms with E-state index in [0.29, 0.717) is 18.8 Å². The molecule has 9 nitrogen and oxygen atoms in total. The first kappa shape index (κ1) is 14.9. The van der Waals surface area contributed by atoms with Crippen molar-refractivity contribution in [3.8, 4) is 0 Å². The third kappa shape index (κ3) is 3.75. The van der Waals surface area contributed by atoms with E-state index in [-0.39, 0.29) is 4.90 Å². The number of hydrogen-bond donors (Lipinski definition) is 1. The van der Waals surface area contributed by atoms with Crippen LogP contribution >= 0.6 is 0 Å². The second-order valence-corrected chi connectivity index (χ2v) is 6.29. The van der Waals surface area contributed by atoms with Crippen LogP contribution in [0.3, 0.4) is 0 Å². The summed E-state index contributed by atoms with van der Waals surface area (Å²) >= 11 is 0. The van der Waals surface area contributed by atoms with Crippen LogP contribution in [0.5, 0.6) is 0 Å². The summed E-state index contributed by atoms with van der Waals surface area (Å²) in [6.07, 6.45) is 4.18. The molecule has 1 aromatic heterocycles. The summed E-state index contributed by atoms with van der Waals surface area (Å²) < 4.78 is 24.8. The van der Waals surface area contributed by atoms with Crippen LogP contribution in [-0.2, 0) is 16.4 Å². The molecule has 0 unspecified atom stereocenters. The lowest BCUT2D eigenvalue weighted by molar-refractivity contribution is -0.387. The Morgan fingerprint density at radius 1 is 1.43 bits per heavy atom. The summed E-state index contributed by atoms with van der Waals surface area (Å²) in [5.41, 5.74) is 0.0560. The van der Waals surface area contributed by atoms with Crippen LogP contribution in [0.25, 0.3) is 0 Å². The van der Waals surface area contributed by atoms with Gasteiger partial charge in [-0.25, -0.2) is 8.42 Å². The largest absolute Gasteiger partial charge is 0.383 e. The lowest BCUT2D eigenvalue weighted by Crippen LogP contribution is -2.12. The van der Waals surface area contributed by atoms with E-state index in [9.17, 15) is 18.5 Å². The first-order valence-electron chi connectivity index (χ1n) is 5.94. The zero-order valence-electron chi connectivity index (χ0n) is 11.1. The highest BCUT2D eigenvalue weighted by atomic mass is 32.2. The molecule has 2 rings (SSSR count). The molecule has 0 radical (unpaired) electrons. The quantitative estimate of drug-likeness (QED) is 0.615. The van der Waals surface area contributed by atoms with Crippen molar-refractivity contribution < 1.29 is 13.3 Å². The van der Waals surface area contributed by atoms with Gasteiger partial charge in [0, 0.05) is 30.8 Å². The molecule has 0 fully saturated rings. The van der Waals surface area contributed by atoms with Crippen molar-refractivity contribution in [3.05, 3.63) is 40.7 Å². The Labute approximate surface area is 120 Å². The third-order valence-corrected chi connectivity index (χ3v) is 3.82. The summed E-state index contributed by atoms with van der Waals surface area (Å²) in [7, 11) is -3.68. The Morgan fingerprint density at radius 3 is 2.76 bits per heavy atom. The lowest BCUT2D eigenvalue weighted by Gasteiger charge is -2.08. The van der Waals surface area contributed by atoms with Crippen LogP contribution < -0.4 is 5.32 Å². The van der Waals surface area contributed by atoms with Gasteiger partial charge < -0.3 is 5.32 Å². The standard InChI is InChI=1S/C11H13N5O4S/c1-21(19,20)11-8-9(2-3-10(11)16(17)18)12-4-6-15-7-5-13-14-15/h2-3,5,7-8,12H,4,6H2,1H3. The Hall–Kier alpha value is -2.49. The van der Waals surface area contributed by atoms with E-state index in [4.69, 9.17) is 0 Å². The van der Waals surface area contributed by atoms with E-state index in [1.54, 1.807) is 17.1 Å². The van der Waals surface area contributed by atoms with Crippen molar-refractivity contribution >= 4 is 21.2 Å². The molecule has 0 aliphatic heterocycles. The first-order valence-corrected chi connectivity index (χ1v) is 7.83. The molecule has 0 amide bonds. The minimum absolute atomic E-state index is 0.307. The van der Waals surface area contributed by atoms with Crippen LogP contribution in [0.2, 0.25) is 0 Å². The molecule has 0 saturated carbocycles. The van der Waals surface area contributed by atoms with Gasteiger partial charge in [-0.2, -0.15) is 0 Å². The molecule has 0 spiro atoms. The molecule has 0 saturated heterocycles. The van der Waals surface area contributed by atoms with Gasteiger partial charge in [-0.1, -0.05) is 5.21 Å². The fourth-order valence-electron chi connectivity index (χ4n) is 1.74. The molecule has 10 heteroatoms. The van der Waals surface area contributed by atoms with Crippen LogP contribution in [0.15, 0.2) is 35.5 Å². The smallest absolute Gasteiger partial charge is 0.288 e. The fraction of sp³-hybridized carbons (Fsp3) is 0.273. The van der Waals surface area contributed by atoms with Gasteiger partial charge in [-0.15, -0.1) is 5.10 Å². The van der Waals surface area contributed by atoms with Gasteiger partial charge in [-0.3, -0.25) is 14.8 Å². The van der Waals surface area contributed by atoms with Gasteiger partial charge in [0.15, 0.2) is 9.84 Å². The monoisotopic (exact) mass is 311 g/mol. The van der Waals surface area contributed by atoms with E-state index in [2.05, 4.69) is 15.6 Å². The van der Waals surface area contributed by atoms with Crippen molar-refractivity contribution in [2.24, 2.45) is 0 Å². The molecule has 1 N–H and O–H groups in total. The van der Waals surface area contributed by atoms with E-state index in [1.165, 1.54) is 18.2 Å². The molecule has 2 aromatic rings. The summed E-state index contributed by atoms with van der Waals surface area (Å²) in [4.78, 5) is 9.83. The number of nitro benzene ring substituents is 1. The molecule has 112 valence electrons. The number of anilines is 1. The minimum Gasteiger partial charge on any atom is -0.383 e. The zero-order valence-corrected chi connectivity index (χ0v) is 11.9. The zero-order chi connectivity index (χ0) is 15.5. The highest BCUT2D eigenvalue weighted by Crippen LogP contribution is 2.26. The molecule has 0 atom stereocenters. The van der Waals surface area contributed by atoms with Gasteiger partial charge in [0.1, 0.15) is 4.90 Å². The van der Waals surface area contributed by atoms with Crippen molar-refractivity contribution in [3.63, 3.8) is 0 Å². The van der Waals surface area contributed by atoms with E-state index in [1.807, 2.05) is 0 Å². The molecular formula is C11H13N5O4S. The lowest BCUT2D eigenvalue weighted by atomic mass is 10.3. The van der Waals surface area contributed by atoms with Crippen molar-refractivity contribution in [1.82, 2.24) is 15.0 Å². The second-order valence-electron chi connectivity index (χ2n) is 4.30. The third-order valence-electron chi connectivity index (χ3n) is 2.70. The molecule has 0 aliphatic rings. The average Bonchev–Trinajstić information content (AvgIpc) is 2.90. The number of nitro groups is 1. The summed E-state index contributed by atoms with van der Waals surface area (Å²) in [5.74, 6) is 0. The SMILES string of the molecule is CS(=O)(=O)c1cc(NCCn2ccnn2)ccc1[N+](=O)[O-]. The minimum atomic E-state index is -3.68. The van der Waals surface area contributed by atoms with Crippen LogP contribution in [0, 0.1) is 10.1 Å². The van der Waals surface area contributed by atoms with E-state index >= 15 is 0 Å². The van der Waals surface area contributed by atoms with Gasteiger partial charge in [0.25, 0.3) is 5.69 Å². The molecular weight excluding hydrogens is 298 g/mol. The maximum Gasteiger partial charge on any atom is 0.288 e. The topological polar surface area (TPSA) is 120 Å². The van der Waals surface area contributed by atoms with E-state index < -0.39 is 20.4 Å². The Bertz CT molecular complexity index is 742. The molecule has 1 heterocycles. The number of hydrogen-bond acceptors (Lipinski definition) is 7. The maximum absolute atomic E-state index is 11.6. The van der Waals surface area contributed by atoms with Gasteiger partial charge in [0.05, 0.1) is 17.7 Å². The Morgan fingerprint density at radius 2 is 2.19 bits per heavy atom.